The van der Waals surface area contributed by atoms with E-state index >= 15 is 0 Å². The van der Waals surface area contributed by atoms with Gasteiger partial charge in [0, 0.05) is 17.5 Å². The Bertz CT molecular complexity index is 861. The van der Waals surface area contributed by atoms with Gasteiger partial charge in [0.1, 0.15) is 17.1 Å². The number of nitrogens with one attached hydrogen (secondary N) is 1. The van der Waals surface area contributed by atoms with Gasteiger partial charge in [0.15, 0.2) is 0 Å². The summed E-state index contributed by atoms with van der Waals surface area (Å²) >= 11 is 6.27. The lowest BCUT2D eigenvalue weighted by atomic mass is 9.77. The monoisotopic (exact) mass is 399 g/mol. The van der Waals surface area contributed by atoms with Gasteiger partial charge in [-0.15, -0.1) is 0 Å². The molecular weight excluding hydrogens is 374 g/mol. The lowest BCUT2D eigenvalue weighted by molar-refractivity contribution is -0.00209. The molecule has 0 radical (unpaired) electrons. The van der Waals surface area contributed by atoms with Crippen molar-refractivity contribution >= 4 is 17.5 Å². The first-order valence-corrected chi connectivity index (χ1v) is 10.5. The molecule has 4 rings (SSSR count). The van der Waals surface area contributed by atoms with Crippen LogP contribution in [0.1, 0.15) is 67.4 Å². The molecule has 1 saturated carbocycles. The van der Waals surface area contributed by atoms with E-state index in [1.807, 2.05) is 31.2 Å². The highest BCUT2D eigenvalue weighted by molar-refractivity contribution is 6.32. The molecule has 1 fully saturated rings. The SMILES string of the molecule is CCOc1ccc(C(=O)NC2CC3(CCCCC3)Oc3ccccc32)cc1Cl. The van der Waals surface area contributed by atoms with E-state index in [1.165, 1.54) is 19.3 Å². The van der Waals surface area contributed by atoms with Gasteiger partial charge in [-0.2, -0.15) is 0 Å². The molecule has 148 valence electrons. The van der Waals surface area contributed by atoms with Crippen LogP contribution < -0.4 is 14.8 Å². The van der Waals surface area contributed by atoms with E-state index in [0.29, 0.717) is 22.9 Å². The number of benzene rings is 2. The highest BCUT2D eigenvalue weighted by Crippen LogP contribution is 2.46. The summed E-state index contributed by atoms with van der Waals surface area (Å²) < 4.78 is 11.9. The zero-order chi connectivity index (χ0) is 19.6. The maximum atomic E-state index is 13.0. The molecule has 1 aliphatic carbocycles. The van der Waals surface area contributed by atoms with E-state index in [1.54, 1.807) is 18.2 Å². The summed E-state index contributed by atoms with van der Waals surface area (Å²) in [5, 5.41) is 3.67. The van der Waals surface area contributed by atoms with Crippen molar-refractivity contribution in [2.75, 3.05) is 6.61 Å². The highest BCUT2D eigenvalue weighted by atomic mass is 35.5. The number of para-hydroxylation sites is 1. The molecule has 1 heterocycles. The summed E-state index contributed by atoms with van der Waals surface area (Å²) in [7, 11) is 0. The van der Waals surface area contributed by atoms with Gasteiger partial charge in [0.2, 0.25) is 0 Å². The third kappa shape index (κ3) is 3.83. The Balaban J connectivity index is 1.57. The summed E-state index contributed by atoms with van der Waals surface area (Å²) in [5.74, 6) is 1.36. The number of amides is 1. The fraction of sp³-hybridized carbons (Fsp3) is 0.435. The van der Waals surface area contributed by atoms with Gasteiger partial charge in [-0.3, -0.25) is 4.79 Å². The molecule has 28 heavy (non-hydrogen) atoms. The van der Waals surface area contributed by atoms with Crippen molar-refractivity contribution in [1.82, 2.24) is 5.32 Å². The Morgan fingerprint density at radius 1 is 1.21 bits per heavy atom. The van der Waals surface area contributed by atoms with Crippen LogP contribution in [0.25, 0.3) is 0 Å². The van der Waals surface area contributed by atoms with Crippen molar-refractivity contribution in [2.45, 2.75) is 57.1 Å². The second kappa shape index (κ2) is 8.04. The maximum Gasteiger partial charge on any atom is 0.251 e. The Morgan fingerprint density at radius 3 is 2.75 bits per heavy atom. The number of rotatable bonds is 4. The maximum absolute atomic E-state index is 13.0. The molecule has 1 atom stereocenters. The first-order chi connectivity index (χ1) is 13.6. The average molecular weight is 400 g/mol. The zero-order valence-corrected chi connectivity index (χ0v) is 16.9. The number of fused-ring (bicyclic) bond motifs is 1. The van der Waals surface area contributed by atoms with Crippen LogP contribution in [-0.4, -0.2) is 18.1 Å². The van der Waals surface area contributed by atoms with Gasteiger partial charge in [-0.05, 0) is 56.9 Å². The molecule has 2 aliphatic rings. The molecule has 1 unspecified atom stereocenters. The first kappa shape index (κ1) is 19.1. The summed E-state index contributed by atoms with van der Waals surface area (Å²) in [4.78, 5) is 13.0. The summed E-state index contributed by atoms with van der Waals surface area (Å²) in [6.07, 6.45) is 6.51. The second-order valence-corrected chi connectivity index (χ2v) is 8.10. The molecule has 1 aliphatic heterocycles. The molecule has 5 heteroatoms. The molecule has 0 aromatic heterocycles. The fourth-order valence-electron chi connectivity index (χ4n) is 4.41. The molecule has 0 saturated heterocycles. The Hall–Kier alpha value is -2.20. The van der Waals surface area contributed by atoms with Gasteiger partial charge in [-0.1, -0.05) is 36.2 Å². The van der Waals surface area contributed by atoms with Gasteiger partial charge in [0.25, 0.3) is 5.91 Å². The Labute approximate surface area is 171 Å². The molecule has 2 aromatic rings. The molecular formula is C23H26ClNO3. The molecule has 0 bridgehead atoms. The third-order valence-electron chi connectivity index (χ3n) is 5.76. The van der Waals surface area contributed by atoms with Crippen molar-refractivity contribution < 1.29 is 14.3 Å². The molecule has 4 nitrogen and oxygen atoms in total. The van der Waals surface area contributed by atoms with Gasteiger partial charge < -0.3 is 14.8 Å². The van der Waals surface area contributed by atoms with Crippen LogP contribution in [0.2, 0.25) is 5.02 Å². The average Bonchev–Trinajstić information content (AvgIpc) is 2.70. The summed E-state index contributed by atoms with van der Waals surface area (Å²) in [6, 6.07) is 13.2. The topological polar surface area (TPSA) is 47.6 Å². The minimum atomic E-state index is -0.166. The normalized spacial score (nSPS) is 20.1. The molecule has 1 N–H and O–H groups in total. The lowest BCUT2D eigenvalue weighted by Gasteiger charge is -2.44. The predicted molar refractivity (Wildman–Crippen MR) is 110 cm³/mol. The zero-order valence-electron chi connectivity index (χ0n) is 16.2. The van der Waals surface area contributed by atoms with E-state index in [4.69, 9.17) is 21.1 Å². The van der Waals surface area contributed by atoms with E-state index in [-0.39, 0.29) is 17.6 Å². The van der Waals surface area contributed by atoms with Crippen LogP contribution in [0.3, 0.4) is 0 Å². The van der Waals surface area contributed by atoms with Crippen molar-refractivity contribution in [1.29, 1.82) is 0 Å². The number of carbonyl (C=O) groups excluding carboxylic acids is 1. The highest BCUT2D eigenvalue weighted by Gasteiger charge is 2.42. The van der Waals surface area contributed by atoms with Crippen LogP contribution in [0.15, 0.2) is 42.5 Å². The van der Waals surface area contributed by atoms with E-state index in [2.05, 4.69) is 5.32 Å². The van der Waals surface area contributed by atoms with Crippen molar-refractivity contribution in [3.05, 3.63) is 58.6 Å². The predicted octanol–water partition coefficient (Wildman–Crippen LogP) is 5.70. The quantitative estimate of drug-likeness (QED) is 0.717. The van der Waals surface area contributed by atoms with E-state index in [9.17, 15) is 4.79 Å². The van der Waals surface area contributed by atoms with Gasteiger partial charge in [0.05, 0.1) is 17.7 Å². The number of hydrogen-bond acceptors (Lipinski definition) is 3. The van der Waals surface area contributed by atoms with Crippen molar-refractivity contribution in [2.24, 2.45) is 0 Å². The largest absolute Gasteiger partial charge is 0.492 e. The first-order valence-electron chi connectivity index (χ1n) is 10.1. The van der Waals surface area contributed by atoms with Gasteiger partial charge >= 0.3 is 0 Å². The number of carbonyl (C=O) groups is 1. The van der Waals surface area contributed by atoms with Crippen LogP contribution in [-0.2, 0) is 0 Å². The van der Waals surface area contributed by atoms with Crippen LogP contribution in [0, 0.1) is 0 Å². The van der Waals surface area contributed by atoms with E-state index in [0.717, 1.165) is 30.6 Å². The Morgan fingerprint density at radius 2 is 2.00 bits per heavy atom. The second-order valence-electron chi connectivity index (χ2n) is 7.69. The third-order valence-corrected chi connectivity index (χ3v) is 6.06. The fourth-order valence-corrected chi connectivity index (χ4v) is 4.64. The Kier molecular flexibility index (Phi) is 5.49. The smallest absolute Gasteiger partial charge is 0.251 e. The van der Waals surface area contributed by atoms with Gasteiger partial charge in [-0.25, -0.2) is 0 Å². The van der Waals surface area contributed by atoms with Crippen LogP contribution >= 0.6 is 11.6 Å². The van der Waals surface area contributed by atoms with Crippen LogP contribution in [0.4, 0.5) is 0 Å². The standard InChI is InChI=1S/C23H26ClNO3/c1-2-27-21-11-10-16(14-18(21)24)22(26)25-19-15-23(12-6-3-7-13-23)28-20-9-5-4-8-17(19)20/h4-5,8-11,14,19H,2-3,6-7,12-13,15H2,1H3,(H,25,26). The summed E-state index contributed by atoms with van der Waals surface area (Å²) in [5.41, 5.74) is 1.42. The lowest BCUT2D eigenvalue weighted by Crippen LogP contribution is -2.46. The number of hydrogen-bond donors (Lipinski definition) is 1. The van der Waals surface area contributed by atoms with Crippen molar-refractivity contribution in [3.63, 3.8) is 0 Å². The van der Waals surface area contributed by atoms with Crippen LogP contribution in [0.5, 0.6) is 11.5 Å². The van der Waals surface area contributed by atoms with Crippen molar-refractivity contribution in [3.8, 4) is 11.5 Å². The number of ether oxygens (including phenoxy) is 2. The molecule has 1 spiro atoms. The minimum Gasteiger partial charge on any atom is -0.492 e. The molecule has 2 aromatic carbocycles. The molecule has 1 amide bonds. The number of halogens is 1. The minimum absolute atomic E-state index is 0.0686. The summed E-state index contributed by atoms with van der Waals surface area (Å²) in [6.45, 7) is 2.44. The van der Waals surface area contributed by atoms with E-state index < -0.39 is 0 Å².